The van der Waals surface area contributed by atoms with E-state index in [0.717, 1.165) is 3.57 Å². The molecule has 0 aromatic heterocycles. The molecule has 0 radical (unpaired) electrons. The first kappa shape index (κ1) is 17.8. The standard InChI is InChI=1S/C16H20INO5/c1-16(2,3)23-15(21)18-9-12(8-13(18)14(19)20)22-11-6-4-10(17)5-7-11/h4-7,12-13H,8-9H2,1-3H3,(H,19,20). The van der Waals surface area contributed by atoms with E-state index in [9.17, 15) is 14.7 Å². The molecule has 0 saturated carbocycles. The summed E-state index contributed by atoms with van der Waals surface area (Å²) in [5.41, 5.74) is -0.671. The molecule has 7 heteroatoms. The molecule has 2 unspecified atom stereocenters. The molecule has 23 heavy (non-hydrogen) atoms. The van der Waals surface area contributed by atoms with Crippen LogP contribution in [0.4, 0.5) is 4.79 Å². The molecule has 1 amide bonds. The molecule has 0 aliphatic carbocycles. The zero-order valence-corrected chi connectivity index (χ0v) is 15.4. The van der Waals surface area contributed by atoms with Gasteiger partial charge in [-0.25, -0.2) is 9.59 Å². The Labute approximate surface area is 148 Å². The van der Waals surface area contributed by atoms with E-state index in [0.29, 0.717) is 5.75 Å². The summed E-state index contributed by atoms with van der Waals surface area (Å²) in [6, 6.07) is 6.54. The van der Waals surface area contributed by atoms with Crippen LogP contribution in [0.2, 0.25) is 0 Å². The number of carboxylic acid groups (broad SMARTS) is 1. The molecule has 2 rings (SSSR count). The van der Waals surface area contributed by atoms with Gasteiger partial charge in [-0.2, -0.15) is 0 Å². The van der Waals surface area contributed by atoms with Crippen molar-refractivity contribution in [2.24, 2.45) is 0 Å². The van der Waals surface area contributed by atoms with Crippen molar-refractivity contribution in [3.05, 3.63) is 27.8 Å². The van der Waals surface area contributed by atoms with E-state index < -0.39 is 23.7 Å². The molecule has 1 saturated heterocycles. The first-order valence-corrected chi connectivity index (χ1v) is 8.38. The minimum Gasteiger partial charge on any atom is -0.488 e. The quantitative estimate of drug-likeness (QED) is 0.742. The van der Waals surface area contributed by atoms with Gasteiger partial charge in [0.2, 0.25) is 0 Å². The molecule has 6 nitrogen and oxygen atoms in total. The van der Waals surface area contributed by atoms with Gasteiger partial charge >= 0.3 is 12.1 Å². The number of likely N-dealkylation sites (tertiary alicyclic amines) is 1. The lowest BCUT2D eigenvalue weighted by Crippen LogP contribution is -2.43. The largest absolute Gasteiger partial charge is 0.488 e. The Morgan fingerprint density at radius 2 is 1.87 bits per heavy atom. The Morgan fingerprint density at radius 1 is 1.26 bits per heavy atom. The van der Waals surface area contributed by atoms with Crippen LogP contribution in [0.3, 0.4) is 0 Å². The maximum absolute atomic E-state index is 12.2. The molecule has 1 N–H and O–H groups in total. The summed E-state index contributed by atoms with van der Waals surface area (Å²) in [7, 11) is 0. The van der Waals surface area contributed by atoms with Crippen molar-refractivity contribution >= 4 is 34.7 Å². The smallest absolute Gasteiger partial charge is 0.411 e. The van der Waals surface area contributed by atoms with E-state index in [1.165, 1.54) is 4.90 Å². The Kier molecular flexibility index (Phi) is 5.38. The number of hydrogen-bond donors (Lipinski definition) is 1. The number of rotatable bonds is 3. The van der Waals surface area contributed by atoms with Crippen LogP contribution in [0.5, 0.6) is 5.75 Å². The predicted molar refractivity (Wildman–Crippen MR) is 92.6 cm³/mol. The van der Waals surface area contributed by atoms with Gasteiger partial charge in [0.15, 0.2) is 0 Å². The number of halogens is 1. The second-order valence-corrected chi connectivity index (χ2v) is 7.66. The summed E-state index contributed by atoms with van der Waals surface area (Å²) in [5.74, 6) is -0.393. The van der Waals surface area contributed by atoms with Gasteiger partial charge in [0, 0.05) is 9.99 Å². The molecule has 0 spiro atoms. The number of carbonyl (C=O) groups is 2. The van der Waals surface area contributed by atoms with E-state index in [-0.39, 0.29) is 19.1 Å². The molecule has 0 bridgehead atoms. The van der Waals surface area contributed by atoms with Crippen molar-refractivity contribution in [3.63, 3.8) is 0 Å². The number of hydrogen-bond acceptors (Lipinski definition) is 4. The van der Waals surface area contributed by atoms with Crippen molar-refractivity contribution in [1.82, 2.24) is 4.90 Å². The van der Waals surface area contributed by atoms with Crippen LogP contribution in [0.25, 0.3) is 0 Å². The molecular formula is C16H20INO5. The summed E-state index contributed by atoms with van der Waals surface area (Å²) in [6.07, 6.45) is -0.761. The summed E-state index contributed by atoms with van der Waals surface area (Å²) in [4.78, 5) is 24.8. The zero-order chi connectivity index (χ0) is 17.2. The fourth-order valence-corrected chi connectivity index (χ4v) is 2.70. The second-order valence-electron chi connectivity index (χ2n) is 6.42. The van der Waals surface area contributed by atoms with Crippen LogP contribution >= 0.6 is 22.6 Å². The summed E-state index contributed by atoms with van der Waals surface area (Å²) in [6.45, 7) is 5.43. The monoisotopic (exact) mass is 433 g/mol. The molecule has 2 atom stereocenters. The minimum atomic E-state index is -1.05. The topological polar surface area (TPSA) is 76.1 Å². The van der Waals surface area contributed by atoms with Crippen LogP contribution in [-0.4, -0.2) is 46.4 Å². The Morgan fingerprint density at radius 3 is 2.39 bits per heavy atom. The van der Waals surface area contributed by atoms with Crippen molar-refractivity contribution in [1.29, 1.82) is 0 Å². The zero-order valence-electron chi connectivity index (χ0n) is 13.3. The molecule has 1 aromatic carbocycles. The number of nitrogens with zero attached hydrogens (tertiary/aromatic N) is 1. The van der Waals surface area contributed by atoms with Crippen LogP contribution in [0.1, 0.15) is 27.2 Å². The van der Waals surface area contributed by atoms with Gasteiger partial charge < -0.3 is 14.6 Å². The van der Waals surface area contributed by atoms with E-state index >= 15 is 0 Å². The van der Waals surface area contributed by atoms with E-state index in [1.807, 2.05) is 24.3 Å². The predicted octanol–water partition coefficient (Wildman–Crippen LogP) is 3.13. The van der Waals surface area contributed by atoms with Gasteiger partial charge in [-0.05, 0) is 67.6 Å². The number of aliphatic carboxylic acids is 1. The highest BCUT2D eigenvalue weighted by Gasteiger charge is 2.42. The third kappa shape index (κ3) is 4.98. The Balaban J connectivity index is 2.06. The lowest BCUT2D eigenvalue weighted by Gasteiger charge is -2.26. The number of amides is 1. The molecule has 1 aliphatic rings. The highest BCUT2D eigenvalue weighted by molar-refractivity contribution is 14.1. The average molecular weight is 433 g/mol. The van der Waals surface area contributed by atoms with Crippen molar-refractivity contribution in [3.8, 4) is 5.75 Å². The van der Waals surface area contributed by atoms with Gasteiger partial charge in [-0.15, -0.1) is 0 Å². The fourth-order valence-electron chi connectivity index (χ4n) is 2.34. The molecule has 1 aromatic rings. The fraction of sp³-hybridized carbons (Fsp3) is 0.500. The van der Waals surface area contributed by atoms with Crippen molar-refractivity contribution < 1.29 is 24.2 Å². The highest BCUT2D eigenvalue weighted by Crippen LogP contribution is 2.25. The highest BCUT2D eigenvalue weighted by atomic mass is 127. The number of ether oxygens (including phenoxy) is 2. The lowest BCUT2D eigenvalue weighted by molar-refractivity contribution is -0.142. The lowest BCUT2D eigenvalue weighted by atomic mass is 10.2. The van der Waals surface area contributed by atoms with Gasteiger partial charge in [-0.3, -0.25) is 4.90 Å². The van der Waals surface area contributed by atoms with Gasteiger partial charge in [0.1, 0.15) is 23.5 Å². The van der Waals surface area contributed by atoms with Crippen LogP contribution in [0, 0.1) is 3.57 Å². The SMILES string of the molecule is CC(C)(C)OC(=O)N1CC(Oc2ccc(I)cc2)CC1C(=O)O. The van der Waals surface area contributed by atoms with Gasteiger partial charge in [-0.1, -0.05) is 0 Å². The number of benzene rings is 1. The van der Waals surface area contributed by atoms with Crippen LogP contribution in [-0.2, 0) is 9.53 Å². The maximum atomic E-state index is 12.2. The molecule has 126 valence electrons. The Hall–Kier alpha value is -1.51. The van der Waals surface area contributed by atoms with Crippen LogP contribution in [0.15, 0.2) is 24.3 Å². The first-order valence-electron chi connectivity index (χ1n) is 7.30. The maximum Gasteiger partial charge on any atom is 0.411 e. The summed E-state index contributed by atoms with van der Waals surface area (Å²) < 4.78 is 12.2. The first-order chi connectivity index (χ1) is 10.7. The van der Waals surface area contributed by atoms with E-state index in [1.54, 1.807) is 20.8 Å². The molecule has 1 heterocycles. The summed E-state index contributed by atoms with van der Waals surface area (Å²) in [5, 5.41) is 9.35. The van der Waals surface area contributed by atoms with Crippen molar-refractivity contribution in [2.45, 2.75) is 44.9 Å². The normalized spacial score (nSPS) is 21.1. The minimum absolute atomic E-state index is 0.192. The average Bonchev–Trinajstić information content (AvgIpc) is 2.84. The molecule has 1 fully saturated rings. The third-order valence-electron chi connectivity index (χ3n) is 3.29. The number of carbonyl (C=O) groups excluding carboxylic acids is 1. The van der Waals surface area contributed by atoms with E-state index in [4.69, 9.17) is 9.47 Å². The van der Waals surface area contributed by atoms with Crippen LogP contribution < -0.4 is 4.74 Å². The van der Waals surface area contributed by atoms with Gasteiger partial charge in [0.25, 0.3) is 0 Å². The van der Waals surface area contributed by atoms with Crippen molar-refractivity contribution in [2.75, 3.05) is 6.54 Å². The third-order valence-corrected chi connectivity index (χ3v) is 4.01. The summed E-state index contributed by atoms with van der Waals surface area (Å²) >= 11 is 2.19. The molecule has 1 aliphatic heterocycles. The van der Waals surface area contributed by atoms with E-state index in [2.05, 4.69) is 22.6 Å². The molecular weight excluding hydrogens is 413 g/mol. The van der Waals surface area contributed by atoms with Gasteiger partial charge in [0.05, 0.1) is 6.54 Å². The second kappa shape index (κ2) is 6.94. The Bertz CT molecular complexity index is 581. The number of carboxylic acids is 1.